The molecule has 134 valence electrons. The molecule has 0 saturated carbocycles. The summed E-state index contributed by atoms with van der Waals surface area (Å²) in [4.78, 5) is 16.7. The van der Waals surface area contributed by atoms with Crippen molar-refractivity contribution < 1.29 is 23.0 Å². The fraction of sp³-hybridized carbons (Fsp3) is 0.222. The highest BCUT2D eigenvalue weighted by Crippen LogP contribution is 2.35. The van der Waals surface area contributed by atoms with Gasteiger partial charge < -0.3 is 14.0 Å². The molecule has 0 saturated heterocycles. The summed E-state index contributed by atoms with van der Waals surface area (Å²) in [5.74, 6) is -1.56. The van der Waals surface area contributed by atoms with E-state index >= 15 is 0 Å². The zero-order chi connectivity index (χ0) is 18.3. The minimum atomic E-state index is -0.952. The Bertz CT molecular complexity index is 1070. The Labute approximate surface area is 151 Å². The van der Waals surface area contributed by atoms with Crippen molar-refractivity contribution in [3.8, 4) is 11.5 Å². The van der Waals surface area contributed by atoms with E-state index in [1.165, 1.54) is 17.4 Å². The lowest BCUT2D eigenvalue weighted by Crippen LogP contribution is -2.17. The molecule has 1 amide bonds. The van der Waals surface area contributed by atoms with E-state index in [2.05, 4.69) is 4.99 Å². The van der Waals surface area contributed by atoms with Crippen LogP contribution in [0.15, 0.2) is 35.3 Å². The molecule has 2 aromatic carbocycles. The monoisotopic (exact) mass is 376 g/mol. The van der Waals surface area contributed by atoms with E-state index in [9.17, 15) is 13.6 Å². The van der Waals surface area contributed by atoms with Crippen molar-refractivity contribution in [2.45, 2.75) is 13.5 Å². The topological polar surface area (TPSA) is 52.8 Å². The molecule has 2 heterocycles. The van der Waals surface area contributed by atoms with Crippen LogP contribution in [-0.4, -0.2) is 23.7 Å². The first-order chi connectivity index (χ1) is 12.6. The molecule has 0 fully saturated rings. The first-order valence-electron chi connectivity index (χ1n) is 8.04. The summed E-state index contributed by atoms with van der Waals surface area (Å²) in [6, 6.07) is 6.93. The molecule has 0 aliphatic carbocycles. The van der Waals surface area contributed by atoms with Gasteiger partial charge >= 0.3 is 0 Å². The van der Waals surface area contributed by atoms with Crippen molar-refractivity contribution in [2.24, 2.45) is 4.99 Å². The summed E-state index contributed by atoms with van der Waals surface area (Å²) >= 11 is 1.25. The van der Waals surface area contributed by atoms with Crippen molar-refractivity contribution in [3.05, 3.63) is 52.3 Å². The van der Waals surface area contributed by atoms with Gasteiger partial charge in [-0.15, -0.1) is 0 Å². The summed E-state index contributed by atoms with van der Waals surface area (Å²) in [5.41, 5.74) is 0.167. The second-order valence-corrected chi connectivity index (χ2v) is 6.62. The number of ether oxygens (including phenoxy) is 2. The molecule has 0 N–H and O–H groups in total. The Morgan fingerprint density at radius 3 is 2.50 bits per heavy atom. The fourth-order valence-electron chi connectivity index (χ4n) is 2.84. The second kappa shape index (κ2) is 6.53. The Morgan fingerprint density at radius 1 is 1.19 bits per heavy atom. The molecule has 8 heteroatoms. The van der Waals surface area contributed by atoms with Gasteiger partial charge in [0.25, 0.3) is 5.91 Å². The summed E-state index contributed by atoms with van der Waals surface area (Å²) < 4.78 is 41.5. The van der Waals surface area contributed by atoms with Crippen LogP contribution in [-0.2, 0) is 6.54 Å². The number of hydrogen-bond donors (Lipinski definition) is 0. The van der Waals surface area contributed by atoms with E-state index < -0.39 is 23.1 Å². The first kappa shape index (κ1) is 16.7. The van der Waals surface area contributed by atoms with Gasteiger partial charge in [0.05, 0.1) is 10.2 Å². The summed E-state index contributed by atoms with van der Waals surface area (Å²) in [6.45, 7) is 3.37. The largest absolute Gasteiger partial charge is 0.486 e. The molecular weight excluding hydrogens is 362 g/mol. The lowest BCUT2D eigenvalue weighted by Gasteiger charge is -2.18. The van der Waals surface area contributed by atoms with E-state index in [0.717, 1.165) is 22.3 Å². The number of nitrogens with zero attached hydrogens (tertiary/aromatic N) is 2. The third-order valence-electron chi connectivity index (χ3n) is 4.04. The molecule has 1 aliphatic rings. The minimum absolute atomic E-state index is 0.359. The lowest BCUT2D eigenvalue weighted by molar-refractivity contribution is 0.0990. The molecule has 0 bridgehead atoms. The van der Waals surface area contributed by atoms with Gasteiger partial charge in [-0.1, -0.05) is 17.4 Å². The third-order valence-corrected chi connectivity index (χ3v) is 5.08. The van der Waals surface area contributed by atoms with E-state index in [1.807, 2.05) is 19.1 Å². The van der Waals surface area contributed by atoms with Gasteiger partial charge in [-0.3, -0.25) is 4.79 Å². The Balaban J connectivity index is 1.88. The number of halogens is 2. The normalized spacial score (nSPS) is 14.0. The Hall–Kier alpha value is -2.74. The number of fused-ring (bicyclic) bond motifs is 2. The van der Waals surface area contributed by atoms with Gasteiger partial charge in [-0.2, -0.15) is 4.99 Å². The van der Waals surface area contributed by atoms with Crippen LogP contribution in [0.5, 0.6) is 11.5 Å². The molecule has 4 rings (SSSR count). The van der Waals surface area contributed by atoms with Gasteiger partial charge in [0, 0.05) is 18.7 Å². The fourth-order valence-corrected chi connectivity index (χ4v) is 3.94. The number of thiazole rings is 1. The molecule has 0 unspecified atom stereocenters. The number of hydrogen-bond acceptors (Lipinski definition) is 4. The summed E-state index contributed by atoms with van der Waals surface area (Å²) in [5, 5.41) is 0. The van der Waals surface area contributed by atoms with Crippen molar-refractivity contribution in [1.82, 2.24) is 4.57 Å². The molecule has 3 aromatic rings. The quantitative estimate of drug-likeness (QED) is 0.688. The zero-order valence-electron chi connectivity index (χ0n) is 13.8. The van der Waals surface area contributed by atoms with E-state index in [4.69, 9.17) is 9.47 Å². The van der Waals surface area contributed by atoms with Crippen LogP contribution in [0.25, 0.3) is 10.2 Å². The van der Waals surface area contributed by atoms with Crippen molar-refractivity contribution in [3.63, 3.8) is 0 Å². The predicted molar refractivity (Wildman–Crippen MR) is 92.7 cm³/mol. The SMILES string of the molecule is CCn1c(=NC(=O)c2c(F)cccc2F)sc2cc3c(cc21)OCCO3. The Morgan fingerprint density at radius 2 is 1.85 bits per heavy atom. The maximum atomic E-state index is 13.8. The average Bonchev–Trinajstić information content (AvgIpc) is 2.95. The maximum Gasteiger partial charge on any atom is 0.285 e. The van der Waals surface area contributed by atoms with Crippen LogP contribution in [0, 0.1) is 11.6 Å². The summed E-state index contributed by atoms with van der Waals surface area (Å²) in [6.07, 6.45) is 0. The number of carbonyl (C=O) groups is 1. The molecule has 0 atom stereocenters. The van der Waals surface area contributed by atoms with Gasteiger partial charge in [0.15, 0.2) is 16.3 Å². The molecule has 1 aliphatic heterocycles. The van der Waals surface area contributed by atoms with E-state index in [-0.39, 0.29) is 0 Å². The third kappa shape index (κ3) is 2.76. The number of benzene rings is 2. The molecule has 5 nitrogen and oxygen atoms in total. The highest BCUT2D eigenvalue weighted by atomic mass is 32.1. The lowest BCUT2D eigenvalue weighted by atomic mass is 10.2. The molecule has 1 aromatic heterocycles. The average molecular weight is 376 g/mol. The highest BCUT2D eigenvalue weighted by molar-refractivity contribution is 7.16. The van der Waals surface area contributed by atoms with Crippen LogP contribution >= 0.6 is 11.3 Å². The summed E-state index contributed by atoms with van der Waals surface area (Å²) in [7, 11) is 0. The van der Waals surface area contributed by atoms with Crippen LogP contribution in [0.4, 0.5) is 8.78 Å². The van der Waals surface area contributed by atoms with Gasteiger partial charge in [0.1, 0.15) is 30.4 Å². The number of amides is 1. The first-order valence-corrected chi connectivity index (χ1v) is 8.86. The zero-order valence-corrected chi connectivity index (χ0v) is 14.6. The molecule has 26 heavy (non-hydrogen) atoms. The molecular formula is C18H14F2N2O3S. The number of rotatable bonds is 2. The standard InChI is InChI=1S/C18H14F2N2O3S/c1-2-22-12-8-13-14(25-7-6-24-13)9-15(12)26-18(22)21-17(23)16-10(19)4-3-5-11(16)20/h3-5,8-9H,2,6-7H2,1H3. The van der Waals surface area contributed by atoms with Crippen LogP contribution in [0.3, 0.4) is 0 Å². The maximum absolute atomic E-state index is 13.8. The van der Waals surface area contributed by atoms with E-state index in [0.29, 0.717) is 36.1 Å². The van der Waals surface area contributed by atoms with E-state index in [1.54, 1.807) is 4.57 Å². The van der Waals surface area contributed by atoms with Crippen molar-refractivity contribution in [2.75, 3.05) is 13.2 Å². The van der Waals surface area contributed by atoms with Gasteiger partial charge in [-0.05, 0) is 19.1 Å². The number of aromatic nitrogens is 1. The number of aryl methyl sites for hydroxylation is 1. The van der Waals surface area contributed by atoms with Crippen LogP contribution < -0.4 is 14.3 Å². The number of carbonyl (C=O) groups excluding carboxylic acids is 1. The van der Waals surface area contributed by atoms with Crippen molar-refractivity contribution in [1.29, 1.82) is 0 Å². The molecule has 0 spiro atoms. The van der Waals surface area contributed by atoms with Crippen LogP contribution in [0.1, 0.15) is 17.3 Å². The van der Waals surface area contributed by atoms with Crippen LogP contribution in [0.2, 0.25) is 0 Å². The predicted octanol–water partition coefficient (Wildman–Crippen LogP) is 3.51. The van der Waals surface area contributed by atoms with Gasteiger partial charge in [0.2, 0.25) is 0 Å². The minimum Gasteiger partial charge on any atom is -0.486 e. The van der Waals surface area contributed by atoms with Crippen molar-refractivity contribution >= 4 is 27.5 Å². The highest BCUT2D eigenvalue weighted by Gasteiger charge is 2.19. The smallest absolute Gasteiger partial charge is 0.285 e. The van der Waals surface area contributed by atoms with Gasteiger partial charge in [-0.25, -0.2) is 8.78 Å². The Kier molecular flexibility index (Phi) is 4.20. The molecule has 0 radical (unpaired) electrons. The second-order valence-electron chi connectivity index (χ2n) is 5.61.